The van der Waals surface area contributed by atoms with E-state index in [0.717, 1.165) is 48.3 Å². The molecule has 1 aromatic rings. The van der Waals surface area contributed by atoms with Crippen LogP contribution in [0.25, 0.3) is 0 Å². The first-order valence-electron chi connectivity index (χ1n) is 7.83. The maximum Gasteiger partial charge on any atom is 0.252 e. The minimum atomic E-state index is -0.227. The molecule has 0 aromatic heterocycles. The predicted molar refractivity (Wildman–Crippen MR) is 89.2 cm³/mol. The van der Waals surface area contributed by atoms with Gasteiger partial charge in [0.05, 0.1) is 5.54 Å². The predicted octanol–water partition coefficient (Wildman–Crippen LogP) is 4.53. The van der Waals surface area contributed by atoms with Crippen LogP contribution in [-0.4, -0.2) is 17.3 Å². The van der Waals surface area contributed by atoms with Gasteiger partial charge in [0.25, 0.3) is 5.91 Å². The number of halogens is 1. The molecule has 1 fully saturated rings. The molecule has 1 saturated carbocycles. The fourth-order valence-electron chi connectivity index (χ4n) is 3.45. The standard InChI is InChI=1S/C18H26ClNO/c1-12-5-7-18(11-19,8-6-12)20-17(21)16-14(3)9-13(2)10-15(16)4/h9-10,12H,5-8,11H2,1-4H3,(H,20,21). The van der Waals surface area contributed by atoms with Gasteiger partial charge in [0, 0.05) is 11.4 Å². The molecule has 0 heterocycles. The Hall–Kier alpha value is -1.02. The van der Waals surface area contributed by atoms with Crippen molar-refractivity contribution in [1.82, 2.24) is 5.32 Å². The first kappa shape index (κ1) is 16.4. The van der Waals surface area contributed by atoms with Crippen molar-refractivity contribution in [2.75, 3.05) is 5.88 Å². The Labute approximate surface area is 133 Å². The summed E-state index contributed by atoms with van der Waals surface area (Å²) in [5, 5.41) is 3.25. The fraction of sp³-hybridized carbons (Fsp3) is 0.611. The van der Waals surface area contributed by atoms with Gasteiger partial charge >= 0.3 is 0 Å². The molecular weight excluding hydrogens is 282 g/mol. The lowest BCUT2D eigenvalue weighted by molar-refractivity contribution is 0.0871. The number of hydrogen-bond acceptors (Lipinski definition) is 1. The molecule has 0 unspecified atom stereocenters. The number of carbonyl (C=O) groups is 1. The van der Waals surface area contributed by atoms with E-state index in [-0.39, 0.29) is 11.4 Å². The van der Waals surface area contributed by atoms with Crippen molar-refractivity contribution < 1.29 is 4.79 Å². The van der Waals surface area contributed by atoms with Crippen LogP contribution in [-0.2, 0) is 0 Å². The molecule has 1 aliphatic rings. The van der Waals surface area contributed by atoms with Gasteiger partial charge in [-0.1, -0.05) is 24.6 Å². The van der Waals surface area contributed by atoms with Gasteiger partial charge in [-0.2, -0.15) is 0 Å². The molecule has 0 atom stereocenters. The summed E-state index contributed by atoms with van der Waals surface area (Å²) in [6, 6.07) is 4.14. The van der Waals surface area contributed by atoms with E-state index in [1.165, 1.54) is 5.56 Å². The van der Waals surface area contributed by atoms with Crippen LogP contribution in [0.2, 0.25) is 0 Å². The van der Waals surface area contributed by atoms with E-state index in [0.29, 0.717) is 5.88 Å². The molecule has 3 heteroatoms. The minimum Gasteiger partial charge on any atom is -0.345 e. The Kier molecular flexibility index (Phi) is 4.98. The van der Waals surface area contributed by atoms with Crippen molar-refractivity contribution in [1.29, 1.82) is 0 Å². The van der Waals surface area contributed by atoms with Gasteiger partial charge in [-0.25, -0.2) is 0 Å². The molecule has 0 spiro atoms. The first-order valence-corrected chi connectivity index (χ1v) is 8.37. The van der Waals surface area contributed by atoms with E-state index in [1.54, 1.807) is 0 Å². The average Bonchev–Trinajstić information content (AvgIpc) is 2.40. The van der Waals surface area contributed by atoms with Crippen LogP contribution < -0.4 is 5.32 Å². The Morgan fingerprint density at radius 2 is 1.76 bits per heavy atom. The number of carbonyl (C=O) groups excluding carboxylic acids is 1. The van der Waals surface area contributed by atoms with Crippen LogP contribution in [0.15, 0.2) is 12.1 Å². The highest BCUT2D eigenvalue weighted by Crippen LogP contribution is 2.33. The second-order valence-electron chi connectivity index (χ2n) is 6.82. The topological polar surface area (TPSA) is 29.1 Å². The van der Waals surface area contributed by atoms with Crippen molar-refractivity contribution in [3.8, 4) is 0 Å². The number of nitrogens with one attached hydrogen (secondary N) is 1. The summed E-state index contributed by atoms with van der Waals surface area (Å²) in [6.07, 6.45) is 4.23. The zero-order valence-electron chi connectivity index (χ0n) is 13.6. The Morgan fingerprint density at radius 1 is 1.24 bits per heavy atom. The van der Waals surface area contributed by atoms with E-state index in [4.69, 9.17) is 11.6 Å². The summed E-state index contributed by atoms with van der Waals surface area (Å²) in [5.41, 5.74) is 3.86. The fourth-order valence-corrected chi connectivity index (χ4v) is 3.78. The van der Waals surface area contributed by atoms with Gasteiger partial charge in [0.15, 0.2) is 0 Å². The molecule has 1 aromatic carbocycles. The van der Waals surface area contributed by atoms with Crippen LogP contribution >= 0.6 is 11.6 Å². The molecule has 116 valence electrons. The number of hydrogen-bond donors (Lipinski definition) is 1. The highest BCUT2D eigenvalue weighted by molar-refractivity contribution is 6.19. The molecule has 0 radical (unpaired) electrons. The Balaban J connectivity index is 2.21. The molecule has 21 heavy (non-hydrogen) atoms. The quantitative estimate of drug-likeness (QED) is 0.817. The number of alkyl halides is 1. The maximum atomic E-state index is 12.7. The number of aryl methyl sites for hydroxylation is 3. The molecule has 1 N–H and O–H groups in total. The van der Waals surface area contributed by atoms with Crippen molar-refractivity contribution >= 4 is 17.5 Å². The highest BCUT2D eigenvalue weighted by Gasteiger charge is 2.35. The molecular formula is C18H26ClNO. The van der Waals surface area contributed by atoms with E-state index in [2.05, 4.69) is 31.3 Å². The third kappa shape index (κ3) is 3.60. The summed E-state index contributed by atoms with van der Waals surface area (Å²) in [7, 11) is 0. The zero-order valence-corrected chi connectivity index (χ0v) is 14.3. The number of benzene rings is 1. The van der Waals surface area contributed by atoms with Crippen molar-refractivity contribution in [2.24, 2.45) is 5.92 Å². The van der Waals surface area contributed by atoms with Gasteiger partial charge in [-0.3, -0.25) is 4.79 Å². The van der Waals surface area contributed by atoms with Crippen LogP contribution in [0.4, 0.5) is 0 Å². The van der Waals surface area contributed by atoms with Gasteiger partial charge in [-0.15, -0.1) is 11.6 Å². The van der Waals surface area contributed by atoms with E-state index in [1.807, 2.05) is 13.8 Å². The molecule has 2 rings (SSSR count). The van der Waals surface area contributed by atoms with E-state index in [9.17, 15) is 4.79 Å². The summed E-state index contributed by atoms with van der Waals surface area (Å²) in [5.74, 6) is 1.26. The first-order chi connectivity index (χ1) is 9.87. The van der Waals surface area contributed by atoms with Crippen molar-refractivity contribution in [3.63, 3.8) is 0 Å². The third-order valence-corrected chi connectivity index (χ3v) is 5.28. The second-order valence-corrected chi connectivity index (χ2v) is 7.09. The monoisotopic (exact) mass is 307 g/mol. The number of rotatable bonds is 3. The molecule has 0 bridgehead atoms. The summed E-state index contributed by atoms with van der Waals surface area (Å²) in [4.78, 5) is 12.7. The molecule has 0 saturated heterocycles. The second kappa shape index (κ2) is 6.39. The van der Waals surface area contributed by atoms with Crippen molar-refractivity contribution in [3.05, 3.63) is 34.4 Å². The smallest absolute Gasteiger partial charge is 0.252 e. The maximum absolute atomic E-state index is 12.7. The lowest BCUT2D eigenvalue weighted by atomic mass is 9.78. The summed E-state index contributed by atoms with van der Waals surface area (Å²) in [6.45, 7) is 8.34. The lowest BCUT2D eigenvalue weighted by Crippen LogP contribution is -2.52. The molecule has 2 nitrogen and oxygen atoms in total. The minimum absolute atomic E-state index is 0.0280. The van der Waals surface area contributed by atoms with Crippen LogP contribution in [0.1, 0.15) is 59.7 Å². The SMILES string of the molecule is Cc1cc(C)c(C(=O)NC2(CCl)CCC(C)CC2)c(C)c1. The lowest BCUT2D eigenvalue weighted by Gasteiger charge is -2.39. The van der Waals surface area contributed by atoms with Crippen LogP contribution in [0.5, 0.6) is 0 Å². The van der Waals surface area contributed by atoms with E-state index >= 15 is 0 Å². The van der Waals surface area contributed by atoms with Crippen molar-refractivity contribution in [2.45, 2.75) is 58.9 Å². The highest BCUT2D eigenvalue weighted by atomic mass is 35.5. The normalized spacial score (nSPS) is 25.7. The number of amides is 1. The Bertz CT molecular complexity index is 507. The zero-order chi connectivity index (χ0) is 15.6. The van der Waals surface area contributed by atoms with E-state index < -0.39 is 0 Å². The van der Waals surface area contributed by atoms with Gasteiger partial charge < -0.3 is 5.32 Å². The molecule has 1 amide bonds. The Morgan fingerprint density at radius 3 is 2.24 bits per heavy atom. The van der Waals surface area contributed by atoms with Crippen LogP contribution in [0.3, 0.4) is 0 Å². The molecule has 1 aliphatic carbocycles. The summed E-state index contributed by atoms with van der Waals surface area (Å²) < 4.78 is 0. The molecule has 0 aliphatic heterocycles. The van der Waals surface area contributed by atoms with Gasteiger partial charge in [-0.05, 0) is 63.5 Å². The average molecular weight is 308 g/mol. The van der Waals surface area contributed by atoms with Crippen LogP contribution in [0, 0.1) is 26.7 Å². The largest absolute Gasteiger partial charge is 0.345 e. The van der Waals surface area contributed by atoms with Gasteiger partial charge in [0.2, 0.25) is 0 Å². The summed E-state index contributed by atoms with van der Waals surface area (Å²) >= 11 is 6.21. The van der Waals surface area contributed by atoms with Gasteiger partial charge in [0.1, 0.15) is 0 Å². The third-order valence-electron chi connectivity index (χ3n) is 4.77.